The molecule has 2 aromatic rings. The van der Waals surface area contributed by atoms with Crippen LogP contribution in [-0.2, 0) is 18.3 Å². The van der Waals surface area contributed by atoms with Crippen LogP contribution in [0, 0.1) is 6.92 Å². The van der Waals surface area contributed by atoms with E-state index in [1.165, 1.54) is 16.9 Å². The Hall–Kier alpha value is -1.88. The zero-order chi connectivity index (χ0) is 15.2. The van der Waals surface area contributed by atoms with E-state index >= 15 is 0 Å². The molecule has 0 radical (unpaired) electrons. The number of carbonyl (C=O) groups is 1. The highest BCUT2D eigenvalue weighted by Gasteiger charge is 2.20. The highest BCUT2D eigenvalue weighted by molar-refractivity contribution is 7.17. The molecule has 112 valence electrons. The van der Waals surface area contributed by atoms with Crippen molar-refractivity contribution in [3.8, 4) is 5.06 Å². The van der Waals surface area contributed by atoms with E-state index in [1.807, 2.05) is 36.7 Å². The first-order valence-corrected chi connectivity index (χ1v) is 7.91. The Morgan fingerprint density at radius 3 is 2.71 bits per heavy atom. The van der Waals surface area contributed by atoms with E-state index in [1.54, 1.807) is 6.92 Å². The Bertz CT molecular complexity index is 608. The van der Waals surface area contributed by atoms with Gasteiger partial charge < -0.3 is 4.74 Å². The van der Waals surface area contributed by atoms with Gasteiger partial charge in [0.05, 0.1) is 13.6 Å². The number of hydrogen-bond acceptors (Lipinski definition) is 4. The molecule has 4 nitrogen and oxygen atoms in total. The fraction of sp³-hybridized carbons (Fsp3) is 0.375. The summed E-state index contributed by atoms with van der Waals surface area (Å²) in [4.78, 5) is 11.4. The number of anilines is 1. The fourth-order valence-electron chi connectivity index (χ4n) is 1.90. The molecule has 0 aliphatic heterocycles. The van der Waals surface area contributed by atoms with Crippen LogP contribution in [0.1, 0.15) is 24.6 Å². The predicted octanol–water partition coefficient (Wildman–Crippen LogP) is 2.85. The van der Waals surface area contributed by atoms with Gasteiger partial charge in [-0.1, -0.05) is 37.3 Å². The molecule has 0 fully saturated rings. The molecular formula is C16H21N2O2S+. The normalized spacial score (nSPS) is 10.4. The monoisotopic (exact) mass is 305 g/mol. The van der Waals surface area contributed by atoms with Crippen molar-refractivity contribution < 1.29 is 14.1 Å². The molecule has 0 bridgehead atoms. The van der Waals surface area contributed by atoms with Gasteiger partial charge in [0.25, 0.3) is 0 Å². The molecule has 0 unspecified atom stereocenters. The van der Waals surface area contributed by atoms with Crippen molar-refractivity contribution in [2.75, 3.05) is 11.9 Å². The molecule has 0 atom stereocenters. The second-order valence-corrected chi connectivity index (χ2v) is 5.79. The SMILES string of the molecule is CCC(=O)Oc1sc(NCCc2ccccc2)[n+](C)c1C. The van der Waals surface area contributed by atoms with E-state index in [-0.39, 0.29) is 5.97 Å². The van der Waals surface area contributed by atoms with Crippen LogP contribution >= 0.6 is 11.3 Å². The summed E-state index contributed by atoms with van der Waals surface area (Å²) in [5.41, 5.74) is 2.27. The lowest BCUT2D eigenvalue weighted by Gasteiger charge is -1.99. The summed E-state index contributed by atoms with van der Waals surface area (Å²) in [6.45, 7) is 4.60. The lowest BCUT2D eigenvalue weighted by molar-refractivity contribution is -0.659. The molecule has 0 amide bonds. The third kappa shape index (κ3) is 4.04. The highest BCUT2D eigenvalue weighted by Crippen LogP contribution is 2.28. The van der Waals surface area contributed by atoms with E-state index in [4.69, 9.17) is 4.74 Å². The van der Waals surface area contributed by atoms with Gasteiger partial charge in [0.2, 0.25) is 5.06 Å². The number of nitrogens with zero attached hydrogens (tertiary/aromatic N) is 1. The number of rotatable bonds is 6. The van der Waals surface area contributed by atoms with Gasteiger partial charge in [0.15, 0.2) is 5.69 Å². The average Bonchev–Trinajstić information content (AvgIpc) is 2.76. The Kier molecular flexibility index (Phi) is 5.33. The maximum Gasteiger partial charge on any atom is 0.337 e. The van der Waals surface area contributed by atoms with Crippen LogP contribution < -0.4 is 14.6 Å². The molecule has 0 aliphatic rings. The minimum atomic E-state index is -0.198. The fourth-order valence-corrected chi connectivity index (χ4v) is 2.95. The van der Waals surface area contributed by atoms with Crippen molar-refractivity contribution in [1.82, 2.24) is 0 Å². The molecule has 0 saturated heterocycles. The summed E-state index contributed by atoms with van der Waals surface area (Å²) < 4.78 is 7.36. The van der Waals surface area contributed by atoms with Crippen LogP contribution in [-0.4, -0.2) is 12.5 Å². The number of hydrogen-bond donors (Lipinski definition) is 1. The molecule has 2 rings (SSSR count). The molecule has 1 aromatic heterocycles. The lowest BCUT2D eigenvalue weighted by atomic mass is 10.1. The van der Waals surface area contributed by atoms with Crippen LogP contribution in [0.4, 0.5) is 5.13 Å². The Balaban J connectivity index is 1.97. The zero-order valence-electron chi connectivity index (χ0n) is 12.7. The average molecular weight is 305 g/mol. The largest absolute Gasteiger partial charge is 0.411 e. The summed E-state index contributed by atoms with van der Waals surface area (Å²) in [6, 6.07) is 10.4. The van der Waals surface area contributed by atoms with Gasteiger partial charge in [-0.25, -0.2) is 4.57 Å². The third-order valence-corrected chi connectivity index (χ3v) is 4.50. The second kappa shape index (κ2) is 7.22. The van der Waals surface area contributed by atoms with Gasteiger partial charge >= 0.3 is 11.1 Å². The van der Waals surface area contributed by atoms with Crippen LogP contribution in [0.25, 0.3) is 0 Å². The highest BCUT2D eigenvalue weighted by atomic mass is 32.1. The number of ether oxygens (including phenoxy) is 1. The number of carbonyl (C=O) groups excluding carboxylic acids is 1. The molecule has 0 aliphatic carbocycles. The number of benzene rings is 1. The van der Waals surface area contributed by atoms with E-state index in [0.717, 1.165) is 23.8 Å². The standard InChI is InChI=1S/C16H20N2O2S/c1-4-14(19)20-15-12(2)18(3)16(21-15)17-11-10-13-8-6-5-7-9-13/h5-9H,4,10-11H2,1-3H3/p+1. The maximum atomic E-state index is 11.4. The first-order chi connectivity index (χ1) is 10.1. The Morgan fingerprint density at radius 2 is 2.05 bits per heavy atom. The summed E-state index contributed by atoms with van der Waals surface area (Å²) in [7, 11) is 1.97. The summed E-state index contributed by atoms with van der Waals surface area (Å²) in [5.74, 6) is -0.198. The van der Waals surface area contributed by atoms with Gasteiger partial charge in [-0.3, -0.25) is 10.1 Å². The van der Waals surface area contributed by atoms with E-state index in [9.17, 15) is 4.79 Å². The molecule has 1 heterocycles. The molecule has 0 saturated carbocycles. The minimum absolute atomic E-state index is 0.198. The van der Waals surface area contributed by atoms with E-state index in [0.29, 0.717) is 11.5 Å². The van der Waals surface area contributed by atoms with Crippen molar-refractivity contribution in [3.05, 3.63) is 41.6 Å². The predicted molar refractivity (Wildman–Crippen MR) is 84.8 cm³/mol. The first kappa shape index (κ1) is 15.5. The molecule has 0 spiro atoms. The Labute approximate surface area is 129 Å². The van der Waals surface area contributed by atoms with Crippen LogP contribution in [0.2, 0.25) is 0 Å². The third-order valence-electron chi connectivity index (χ3n) is 3.32. The molecule has 21 heavy (non-hydrogen) atoms. The molecule has 1 N–H and O–H groups in total. The zero-order valence-corrected chi connectivity index (χ0v) is 13.5. The van der Waals surface area contributed by atoms with Crippen molar-refractivity contribution in [1.29, 1.82) is 0 Å². The van der Waals surface area contributed by atoms with Crippen molar-refractivity contribution in [3.63, 3.8) is 0 Å². The van der Waals surface area contributed by atoms with Gasteiger partial charge in [-0.05, 0) is 16.9 Å². The quantitative estimate of drug-likeness (QED) is 0.659. The maximum absolute atomic E-state index is 11.4. The van der Waals surface area contributed by atoms with E-state index < -0.39 is 0 Å². The lowest BCUT2D eigenvalue weighted by Crippen LogP contribution is -2.33. The van der Waals surface area contributed by atoms with Crippen molar-refractivity contribution >= 4 is 22.4 Å². The van der Waals surface area contributed by atoms with Crippen LogP contribution in [0.3, 0.4) is 0 Å². The second-order valence-electron chi connectivity index (χ2n) is 4.83. The van der Waals surface area contributed by atoms with E-state index in [2.05, 4.69) is 17.4 Å². The minimum Gasteiger partial charge on any atom is -0.411 e. The van der Waals surface area contributed by atoms with Gasteiger partial charge in [-0.2, -0.15) is 0 Å². The first-order valence-electron chi connectivity index (χ1n) is 7.09. The number of aromatic nitrogens is 1. The smallest absolute Gasteiger partial charge is 0.337 e. The topological polar surface area (TPSA) is 42.2 Å². The van der Waals surface area contributed by atoms with Crippen LogP contribution in [0.15, 0.2) is 30.3 Å². The molecule has 5 heteroatoms. The summed E-state index contributed by atoms with van der Waals surface area (Å²) in [6.07, 6.45) is 1.35. The summed E-state index contributed by atoms with van der Waals surface area (Å²) >= 11 is 1.47. The van der Waals surface area contributed by atoms with Crippen molar-refractivity contribution in [2.24, 2.45) is 7.05 Å². The van der Waals surface area contributed by atoms with Crippen LogP contribution in [0.5, 0.6) is 5.06 Å². The molecular weight excluding hydrogens is 284 g/mol. The van der Waals surface area contributed by atoms with Crippen molar-refractivity contribution in [2.45, 2.75) is 26.7 Å². The number of esters is 1. The van der Waals surface area contributed by atoms with Gasteiger partial charge in [0.1, 0.15) is 0 Å². The number of nitrogens with one attached hydrogen (secondary N) is 1. The Morgan fingerprint density at radius 1 is 1.33 bits per heavy atom. The van der Waals surface area contributed by atoms with Gasteiger partial charge in [0, 0.05) is 19.8 Å². The summed E-state index contributed by atoms with van der Waals surface area (Å²) in [5, 5.41) is 5.08. The number of thiazole rings is 1. The molecule has 1 aromatic carbocycles. The van der Waals surface area contributed by atoms with Gasteiger partial charge in [-0.15, -0.1) is 0 Å².